The Bertz CT molecular complexity index is 680. The molecule has 0 aliphatic heterocycles. The summed E-state index contributed by atoms with van der Waals surface area (Å²) in [7, 11) is 0. The maximum atomic E-state index is 13.3. The highest BCUT2D eigenvalue weighted by molar-refractivity contribution is 5.89. The van der Waals surface area contributed by atoms with Gasteiger partial charge < -0.3 is 9.84 Å². The fraction of sp³-hybridized carbons (Fsp3) is 0.0714. The lowest BCUT2D eigenvalue weighted by atomic mass is 10.0. The predicted molar refractivity (Wildman–Crippen MR) is 65.5 cm³/mol. The van der Waals surface area contributed by atoms with E-state index in [0.29, 0.717) is 0 Å². The highest BCUT2D eigenvalue weighted by atomic mass is 19.4. The number of benzene rings is 2. The molecule has 0 spiro atoms. The molecule has 1 N–H and O–H groups in total. The largest absolute Gasteiger partial charge is 0.573 e. The first-order valence-electron chi connectivity index (χ1n) is 5.65. The Kier molecular flexibility index (Phi) is 3.84. The molecular formula is C14H8F4O3. The second-order valence-electron chi connectivity index (χ2n) is 4.08. The fourth-order valence-corrected chi connectivity index (χ4v) is 1.74. The number of ether oxygens (including phenoxy) is 1. The molecule has 0 fully saturated rings. The number of hydrogen-bond acceptors (Lipinski definition) is 2. The van der Waals surface area contributed by atoms with E-state index in [2.05, 4.69) is 4.74 Å². The maximum absolute atomic E-state index is 13.3. The summed E-state index contributed by atoms with van der Waals surface area (Å²) < 4.78 is 53.5. The number of carboxylic acids is 1. The number of alkyl halides is 3. The summed E-state index contributed by atoms with van der Waals surface area (Å²) in [6.45, 7) is 0. The summed E-state index contributed by atoms with van der Waals surface area (Å²) in [4.78, 5) is 10.8. The summed E-state index contributed by atoms with van der Waals surface area (Å²) in [5.74, 6) is -2.83. The average molecular weight is 300 g/mol. The minimum atomic E-state index is -4.83. The smallest absolute Gasteiger partial charge is 0.478 e. The van der Waals surface area contributed by atoms with Crippen molar-refractivity contribution in [3.8, 4) is 16.9 Å². The van der Waals surface area contributed by atoms with Gasteiger partial charge in [-0.05, 0) is 35.4 Å². The van der Waals surface area contributed by atoms with Gasteiger partial charge in [0.25, 0.3) is 0 Å². The lowest BCUT2D eigenvalue weighted by molar-refractivity contribution is -0.274. The van der Waals surface area contributed by atoms with Gasteiger partial charge in [0.15, 0.2) is 0 Å². The van der Waals surface area contributed by atoms with Crippen molar-refractivity contribution in [1.82, 2.24) is 0 Å². The summed E-state index contributed by atoms with van der Waals surface area (Å²) in [5.41, 5.74) is -0.0182. The topological polar surface area (TPSA) is 46.5 Å². The van der Waals surface area contributed by atoms with Crippen LogP contribution in [-0.4, -0.2) is 17.4 Å². The number of halogens is 4. The molecule has 3 nitrogen and oxygen atoms in total. The highest BCUT2D eigenvalue weighted by Crippen LogP contribution is 2.28. The van der Waals surface area contributed by atoms with Gasteiger partial charge in [0.2, 0.25) is 0 Å². The van der Waals surface area contributed by atoms with Crippen LogP contribution < -0.4 is 4.74 Å². The van der Waals surface area contributed by atoms with E-state index >= 15 is 0 Å². The van der Waals surface area contributed by atoms with Crippen molar-refractivity contribution in [2.75, 3.05) is 0 Å². The normalized spacial score (nSPS) is 11.2. The fourth-order valence-electron chi connectivity index (χ4n) is 1.74. The molecule has 0 bridgehead atoms. The van der Waals surface area contributed by atoms with Crippen LogP contribution in [0.5, 0.6) is 5.75 Å². The first-order chi connectivity index (χ1) is 9.76. The van der Waals surface area contributed by atoms with Gasteiger partial charge in [-0.25, -0.2) is 9.18 Å². The molecule has 0 amide bonds. The number of rotatable bonds is 3. The van der Waals surface area contributed by atoms with Crippen LogP contribution in [0.25, 0.3) is 11.1 Å². The van der Waals surface area contributed by atoms with Crippen molar-refractivity contribution < 1.29 is 32.2 Å². The van der Waals surface area contributed by atoms with Gasteiger partial charge in [-0.15, -0.1) is 13.2 Å². The van der Waals surface area contributed by atoms with E-state index < -0.39 is 29.5 Å². The van der Waals surface area contributed by atoms with Gasteiger partial charge in [-0.2, -0.15) is 0 Å². The van der Waals surface area contributed by atoms with Crippen molar-refractivity contribution in [3.63, 3.8) is 0 Å². The van der Waals surface area contributed by atoms with Gasteiger partial charge in [-0.1, -0.05) is 18.2 Å². The van der Waals surface area contributed by atoms with E-state index in [9.17, 15) is 22.4 Å². The van der Waals surface area contributed by atoms with E-state index in [1.54, 1.807) is 0 Å². The molecule has 7 heteroatoms. The zero-order valence-corrected chi connectivity index (χ0v) is 10.3. The van der Waals surface area contributed by atoms with Crippen LogP contribution >= 0.6 is 0 Å². The summed E-state index contributed by atoms with van der Waals surface area (Å²) in [6.07, 6.45) is -4.83. The zero-order chi connectivity index (χ0) is 15.6. The molecule has 0 saturated carbocycles. The lowest BCUT2D eigenvalue weighted by Gasteiger charge is -2.10. The molecule has 0 radical (unpaired) electrons. The molecular weight excluding hydrogens is 292 g/mol. The van der Waals surface area contributed by atoms with Crippen LogP contribution in [0.1, 0.15) is 10.4 Å². The molecule has 0 aliphatic carbocycles. The van der Waals surface area contributed by atoms with Crippen molar-refractivity contribution in [2.24, 2.45) is 0 Å². The predicted octanol–water partition coefficient (Wildman–Crippen LogP) is 4.09. The minimum Gasteiger partial charge on any atom is -0.478 e. The molecule has 2 aromatic rings. The lowest BCUT2D eigenvalue weighted by Crippen LogP contribution is -2.17. The SMILES string of the molecule is O=C(O)c1cc(-c2cccc(OC(F)(F)F)c2)ccc1F. The molecule has 0 atom stereocenters. The third-order valence-electron chi connectivity index (χ3n) is 2.60. The van der Waals surface area contributed by atoms with Gasteiger partial charge >= 0.3 is 12.3 Å². The number of carboxylic acid groups (broad SMARTS) is 1. The first-order valence-corrected chi connectivity index (χ1v) is 5.65. The third-order valence-corrected chi connectivity index (χ3v) is 2.60. The summed E-state index contributed by atoms with van der Waals surface area (Å²) >= 11 is 0. The van der Waals surface area contributed by atoms with E-state index in [1.807, 2.05) is 0 Å². The van der Waals surface area contributed by atoms with Crippen LogP contribution in [0.15, 0.2) is 42.5 Å². The zero-order valence-electron chi connectivity index (χ0n) is 10.3. The Morgan fingerprint density at radius 2 is 1.71 bits per heavy atom. The van der Waals surface area contributed by atoms with Crippen LogP contribution in [0, 0.1) is 5.82 Å². The van der Waals surface area contributed by atoms with Crippen molar-refractivity contribution in [2.45, 2.75) is 6.36 Å². The molecule has 0 heterocycles. The Hall–Kier alpha value is -2.57. The molecule has 21 heavy (non-hydrogen) atoms. The Labute approximate surface area is 116 Å². The van der Waals surface area contributed by atoms with Crippen LogP contribution in [0.3, 0.4) is 0 Å². The van der Waals surface area contributed by atoms with E-state index in [4.69, 9.17) is 5.11 Å². The Balaban J connectivity index is 2.41. The van der Waals surface area contributed by atoms with Gasteiger partial charge in [-0.3, -0.25) is 0 Å². The molecule has 2 aromatic carbocycles. The van der Waals surface area contributed by atoms with E-state index in [1.165, 1.54) is 18.2 Å². The van der Waals surface area contributed by atoms with Crippen molar-refractivity contribution in [3.05, 3.63) is 53.8 Å². The quantitative estimate of drug-likeness (QED) is 0.868. The average Bonchev–Trinajstić information content (AvgIpc) is 2.37. The molecule has 0 unspecified atom stereocenters. The maximum Gasteiger partial charge on any atom is 0.573 e. The first kappa shape index (κ1) is 14.8. The summed E-state index contributed by atoms with van der Waals surface area (Å²) in [6, 6.07) is 8.24. The minimum absolute atomic E-state index is 0.265. The second kappa shape index (κ2) is 5.43. The van der Waals surface area contributed by atoms with Crippen molar-refractivity contribution >= 4 is 5.97 Å². The van der Waals surface area contributed by atoms with Gasteiger partial charge in [0.1, 0.15) is 11.6 Å². The second-order valence-corrected chi connectivity index (χ2v) is 4.08. The number of hydrogen-bond donors (Lipinski definition) is 1. The standard InChI is InChI=1S/C14H8F4O3/c15-12-5-4-9(7-11(12)13(19)20)8-2-1-3-10(6-8)21-14(16,17)18/h1-7H,(H,19,20). The molecule has 2 rings (SSSR count). The van der Waals surface area contributed by atoms with Crippen molar-refractivity contribution in [1.29, 1.82) is 0 Å². The monoisotopic (exact) mass is 300 g/mol. The third kappa shape index (κ3) is 3.71. The van der Waals surface area contributed by atoms with Gasteiger partial charge in [0.05, 0.1) is 5.56 Å². The van der Waals surface area contributed by atoms with E-state index in [0.717, 1.165) is 24.3 Å². The molecule has 0 aliphatic rings. The van der Waals surface area contributed by atoms with E-state index in [-0.39, 0.29) is 11.1 Å². The molecule has 110 valence electrons. The highest BCUT2D eigenvalue weighted by Gasteiger charge is 2.31. The number of carbonyl (C=O) groups is 1. The summed E-state index contributed by atoms with van der Waals surface area (Å²) in [5, 5.41) is 8.83. The van der Waals surface area contributed by atoms with Gasteiger partial charge in [0, 0.05) is 0 Å². The van der Waals surface area contributed by atoms with Crippen LogP contribution in [0.2, 0.25) is 0 Å². The molecule has 0 saturated heterocycles. The van der Waals surface area contributed by atoms with Crippen LogP contribution in [0.4, 0.5) is 17.6 Å². The Morgan fingerprint density at radius 3 is 2.33 bits per heavy atom. The number of aromatic carboxylic acids is 1. The Morgan fingerprint density at radius 1 is 1.05 bits per heavy atom. The van der Waals surface area contributed by atoms with Crippen LogP contribution in [-0.2, 0) is 0 Å². The molecule has 0 aromatic heterocycles.